The highest BCUT2D eigenvalue weighted by Gasteiger charge is 2.37. The highest BCUT2D eigenvalue weighted by Crippen LogP contribution is 2.41. The van der Waals surface area contributed by atoms with Crippen LogP contribution in [-0.4, -0.2) is 42.2 Å². The van der Waals surface area contributed by atoms with Gasteiger partial charge in [0.05, 0.1) is 23.6 Å². The summed E-state index contributed by atoms with van der Waals surface area (Å²) >= 11 is 0. The number of aromatic nitrogens is 2. The second-order valence-electron chi connectivity index (χ2n) is 8.63. The van der Waals surface area contributed by atoms with Gasteiger partial charge in [-0.15, -0.1) is 0 Å². The molecule has 30 heavy (non-hydrogen) atoms. The van der Waals surface area contributed by atoms with Gasteiger partial charge in [0.15, 0.2) is 0 Å². The zero-order valence-corrected chi connectivity index (χ0v) is 17.0. The van der Waals surface area contributed by atoms with Crippen LogP contribution in [0, 0.1) is 0 Å². The summed E-state index contributed by atoms with van der Waals surface area (Å²) in [6, 6.07) is 3.24. The summed E-state index contributed by atoms with van der Waals surface area (Å²) in [6.07, 6.45) is 1.96. The van der Waals surface area contributed by atoms with Crippen LogP contribution in [0.15, 0.2) is 24.5 Å². The molecule has 0 unspecified atom stereocenters. The minimum atomic E-state index is -4.34. The van der Waals surface area contributed by atoms with Crippen LogP contribution >= 0.6 is 0 Å². The van der Waals surface area contributed by atoms with E-state index in [1.165, 1.54) is 6.07 Å². The third-order valence-electron chi connectivity index (χ3n) is 6.37. The zero-order valence-electron chi connectivity index (χ0n) is 17.0. The smallest absolute Gasteiger partial charge is 0.368 e. The van der Waals surface area contributed by atoms with Crippen molar-refractivity contribution in [2.24, 2.45) is 0 Å². The Morgan fingerprint density at radius 1 is 1.03 bits per heavy atom. The summed E-state index contributed by atoms with van der Waals surface area (Å²) in [5.41, 5.74) is 2.53. The first-order valence-electron chi connectivity index (χ1n) is 10.7. The van der Waals surface area contributed by atoms with Crippen LogP contribution in [0.4, 0.5) is 24.5 Å². The van der Waals surface area contributed by atoms with E-state index in [0.29, 0.717) is 37.0 Å². The summed E-state index contributed by atoms with van der Waals surface area (Å²) < 4.78 is 41.1. The zero-order chi connectivity index (χ0) is 20.9. The average molecular weight is 417 g/mol. The molecule has 0 amide bonds. The van der Waals surface area contributed by atoms with Crippen LogP contribution in [0.5, 0.6) is 0 Å². The van der Waals surface area contributed by atoms with Crippen molar-refractivity contribution in [2.75, 3.05) is 36.0 Å². The van der Waals surface area contributed by atoms with E-state index in [4.69, 9.17) is 0 Å². The van der Waals surface area contributed by atoms with Crippen LogP contribution in [0.2, 0.25) is 0 Å². The minimum Gasteiger partial charge on any atom is -0.368 e. The van der Waals surface area contributed by atoms with E-state index in [0.717, 1.165) is 55.2 Å². The fraction of sp³-hybridized carbons (Fsp3) is 0.545. The van der Waals surface area contributed by atoms with E-state index in [1.54, 1.807) is 6.07 Å². The summed E-state index contributed by atoms with van der Waals surface area (Å²) in [5, 5.41) is 3.40. The molecule has 1 aromatic heterocycles. The number of benzene rings is 1. The maximum Gasteiger partial charge on any atom is 0.416 e. The number of nitrogens with one attached hydrogen (secondary N) is 1. The molecule has 2 aromatic rings. The molecule has 1 aliphatic carbocycles. The Kier molecular flexibility index (Phi) is 4.84. The van der Waals surface area contributed by atoms with Gasteiger partial charge in [-0.3, -0.25) is 0 Å². The Bertz CT molecular complexity index is 924. The Morgan fingerprint density at radius 3 is 2.47 bits per heavy atom. The van der Waals surface area contributed by atoms with E-state index in [-0.39, 0.29) is 0 Å². The molecule has 2 fully saturated rings. The highest BCUT2D eigenvalue weighted by atomic mass is 19.4. The molecule has 3 aliphatic rings. The number of halogens is 3. The second-order valence-corrected chi connectivity index (χ2v) is 8.63. The van der Waals surface area contributed by atoms with Gasteiger partial charge in [-0.25, -0.2) is 9.97 Å². The predicted molar refractivity (Wildman–Crippen MR) is 110 cm³/mol. The van der Waals surface area contributed by atoms with Crippen LogP contribution in [-0.2, 0) is 19.1 Å². The lowest BCUT2D eigenvalue weighted by molar-refractivity contribution is -0.138. The third kappa shape index (κ3) is 3.73. The first-order valence-corrected chi connectivity index (χ1v) is 10.7. The number of rotatable bonds is 3. The number of hydrogen-bond acceptors (Lipinski definition) is 5. The third-order valence-corrected chi connectivity index (χ3v) is 6.37. The summed E-state index contributed by atoms with van der Waals surface area (Å²) in [6.45, 7) is 5.49. The average Bonchev–Trinajstić information content (AvgIpc) is 3.57. The number of anilines is 2. The Balaban J connectivity index is 1.49. The van der Waals surface area contributed by atoms with Crippen LogP contribution < -0.4 is 15.1 Å². The van der Waals surface area contributed by atoms with Crippen molar-refractivity contribution in [3.63, 3.8) is 0 Å². The standard InChI is InChI=1S/C22H26F3N5/c1-14-12-30(9-7-26-14)20-5-4-19(22(23,24)25)17-6-8-29(13-18(17)20)16-10-27-21(28-11-16)15-2-3-15/h4-5,10-11,14-15,26H,2-3,6-9,12-13H2,1H3/t14-/m1/s1. The molecular formula is C22H26F3N5. The molecule has 0 bridgehead atoms. The van der Waals surface area contributed by atoms with Crippen LogP contribution in [0.1, 0.15) is 48.2 Å². The number of hydrogen-bond donors (Lipinski definition) is 1. The molecule has 1 aromatic carbocycles. The molecule has 8 heteroatoms. The number of alkyl halides is 3. The Hall–Kier alpha value is -2.35. The Labute approximate surface area is 174 Å². The molecule has 5 rings (SSSR count). The summed E-state index contributed by atoms with van der Waals surface area (Å²) in [5.74, 6) is 1.36. The minimum absolute atomic E-state index is 0.305. The quantitative estimate of drug-likeness (QED) is 0.825. The second kappa shape index (κ2) is 7.41. The number of nitrogens with zero attached hydrogens (tertiary/aromatic N) is 4. The molecule has 1 N–H and O–H groups in total. The topological polar surface area (TPSA) is 44.3 Å². The first kappa shape index (κ1) is 19.6. The normalized spacial score (nSPS) is 22.2. The van der Waals surface area contributed by atoms with Crippen LogP contribution in [0.3, 0.4) is 0 Å². The van der Waals surface area contributed by atoms with Gasteiger partial charge >= 0.3 is 6.18 Å². The van der Waals surface area contributed by atoms with E-state index in [9.17, 15) is 13.2 Å². The molecule has 2 aliphatic heterocycles. The van der Waals surface area contributed by atoms with E-state index < -0.39 is 11.7 Å². The van der Waals surface area contributed by atoms with Gasteiger partial charge in [0, 0.05) is 50.4 Å². The van der Waals surface area contributed by atoms with Crippen molar-refractivity contribution < 1.29 is 13.2 Å². The SMILES string of the molecule is C[C@@H]1CN(c2ccc(C(F)(F)F)c3c2CN(c2cnc(C4CC4)nc2)CC3)CCN1. The van der Waals surface area contributed by atoms with Crippen LogP contribution in [0.25, 0.3) is 0 Å². The fourth-order valence-corrected chi connectivity index (χ4v) is 4.64. The van der Waals surface area contributed by atoms with Crippen molar-refractivity contribution in [1.82, 2.24) is 15.3 Å². The summed E-state index contributed by atoms with van der Waals surface area (Å²) in [4.78, 5) is 13.3. The molecule has 1 saturated heterocycles. The maximum atomic E-state index is 13.7. The van der Waals surface area contributed by atoms with Crippen molar-refractivity contribution in [3.8, 4) is 0 Å². The van der Waals surface area contributed by atoms with E-state index in [1.807, 2.05) is 12.4 Å². The van der Waals surface area contributed by atoms with Gasteiger partial charge in [0.1, 0.15) is 5.82 Å². The molecule has 1 atom stereocenters. The lowest BCUT2D eigenvalue weighted by Crippen LogP contribution is -2.50. The maximum absolute atomic E-state index is 13.7. The predicted octanol–water partition coefficient (Wildman–Crippen LogP) is 3.73. The summed E-state index contributed by atoms with van der Waals surface area (Å²) in [7, 11) is 0. The highest BCUT2D eigenvalue weighted by molar-refractivity contribution is 5.63. The number of fused-ring (bicyclic) bond motifs is 1. The van der Waals surface area contributed by atoms with Gasteiger partial charge in [0.2, 0.25) is 0 Å². The molecule has 1 saturated carbocycles. The van der Waals surface area contributed by atoms with Gasteiger partial charge in [-0.2, -0.15) is 13.2 Å². The lowest BCUT2D eigenvalue weighted by Gasteiger charge is -2.39. The Morgan fingerprint density at radius 2 is 1.80 bits per heavy atom. The van der Waals surface area contributed by atoms with Crippen molar-refractivity contribution >= 4 is 11.4 Å². The fourth-order valence-electron chi connectivity index (χ4n) is 4.64. The molecule has 5 nitrogen and oxygen atoms in total. The number of piperazine rings is 1. The van der Waals surface area contributed by atoms with E-state index >= 15 is 0 Å². The van der Waals surface area contributed by atoms with Crippen molar-refractivity contribution in [1.29, 1.82) is 0 Å². The van der Waals surface area contributed by atoms with Gasteiger partial charge < -0.3 is 15.1 Å². The molecule has 0 spiro atoms. The monoisotopic (exact) mass is 417 g/mol. The molecule has 0 radical (unpaired) electrons. The van der Waals surface area contributed by atoms with Gasteiger partial charge in [-0.1, -0.05) is 0 Å². The van der Waals surface area contributed by atoms with Crippen molar-refractivity contribution in [2.45, 2.75) is 50.9 Å². The van der Waals surface area contributed by atoms with Gasteiger partial charge in [-0.05, 0) is 49.4 Å². The van der Waals surface area contributed by atoms with E-state index in [2.05, 4.69) is 32.0 Å². The van der Waals surface area contributed by atoms with Crippen molar-refractivity contribution in [3.05, 3.63) is 47.0 Å². The largest absolute Gasteiger partial charge is 0.416 e. The lowest BCUT2D eigenvalue weighted by atomic mass is 9.91. The first-order chi connectivity index (χ1) is 14.4. The molecule has 3 heterocycles. The molecule has 160 valence electrons. The van der Waals surface area contributed by atoms with Gasteiger partial charge in [0.25, 0.3) is 0 Å². The molecular weight excluding hydrogens is 391 g/mol.